The Balaban J connectivity index is 1.60. The van der Waals surface area contributed by atoms with Crippen LogP contribution in [0.3, 0.4) is 0 Å². The molecule has 0 aromatic heterocycles. The maximum absolute atomic E-state index is 11.5. The summed E-state index contributed by atoms with van der Waals surface area (Å²) < 4.78 is 23.0. The van der Waals surface area contributed by atoms with Crippen LogP contribution < -0.4 is 5.32 Å². The summed E-state index contributed by atoms with van der Waals surface area (Å²) in [5.74, 6) is 1.47. The lowest BCUT2D eigenvalue weighted by Crippen LogP contribution is -2.36. The molecule has 116 valence electrons. The summed E-state index contributed by atoms with van der Waals surface area (Å²) in [5, 5.41) is 3.78. The molecule has 3 nitrogen and oxygen atoms in total. The summed E-state index contributed by atoms with van der Waals surface area (Å²) in [4.78, 5) is 0.418. The molecule has 0 saturated heterocycles. The van der Waals surface area contributed by atoms with E-state index < -0.39 is 9.84 Å². The van der Waals surface area contributed by atoms with Crippen LogP contribution in [0.4, 0.5) is 0 Å². The van der Waals surface area contributed by atoms with Gasteiger partial charge in [0.05, 0.1) is 4.90 Å². The molecular formula is C17H25NO2S. The molecule has 0 radical (unpaired) electrons. The van der Waals surface area contributed by atoms with E-state index in [0.717, 1.165) is 5.92 Å². The third-order valence-electron chi connectivity index (χ3n) is 5.04. The molecule has 1 N–H and O–H groups in total. The first kappa shape index (κ1) is 15.0. The SMILES string of the molecule is CC(NC1CCC(c2ccc(S(C)(=O)=O)cc2)C1)C1CC1. The summed E-state index contributed by atoms with van der Waals surface area (Å²) in [6.45, 7) is 2.31. The molecule has 2 aliphatic carbocycles. The normalized spacial score (nSPS) is 27.7. The monoisotopic (exact) mass is 307 g/mol. The second-order valence-corrected chi connectivity index (χ2v) is 8.86. The molecule has 1 aromatic rings. The summed E-state index contributed by atoms with van der Waals surface area (Å²) in [6.07, 6.45) is 7.64. The summed E-state index contributed by atoms with van der Waals surface area (Å²) >= 11 is 0. The van der Waals surface area contributed by atoms with Crippen molar-refractivity contribution >= 4 is 9.84 Å². The van der Waals surface area contributed by atoms with Gasteiger partial charge < -0.3 is 5.32 Å². The van der Waals surface area contributed by atoms with E-state index >= 15 is 0 Å². The van der Waals surface area contributed by atoms with E-state index in [2.05, 4.69) is 12.2 Å². The van der Waals surface area contributed by atoms with Crippen molar-refractivity contribution in [3.05, 3.63) is 29.8 Å². The summed E-state index contributed by atoms with van der Waals surface area (Å²) in [5.41, 5.74) is 1.28. The fourth-order valence-corrected chi connectivity index (χ4v) is 4.16. The molecule has 21 heavy (non-hydrogen) atoms. The van der Waals surface area contributed by atoms with Crippen molar-refractivity contribution in [2.24, 2.45) is 5.92 Å². The first-order valence-electron chi connectivity index (χ1n) is 7.99. The van der Waals surface area contributed by atoms with Crippen molar-refractivity contribution in [2.75, 3.05) is 6.26 Å². The maximum Gasteiger partial charge on any atom is 0.175 e. The average Bonchev–Trinajstić information content (AvgIpc) is 3.19. The largest absolute Gasteiger partial charge is 0.311 e. The van der Waals surface area contributed by atoms with E-state index in [1.165, 1.54) is 43.9 Å². The zero-order chi connectivity index (χ0) is 15.0. The minimum Gasteiger partial charge on any atom is -0.311 e. The number of rotatable bonds is 5. The Labute approximate surface area is 128 Å². The zero-order valence-corrected chi connectivity index (χ0v) is 13.7. The highest BCUT2D eigenvalue weighted by Crippen LogP contribution is 2.37. The van der Waals surface area contributed by atoms with E-state index in [1.54, 1.807) is 12.1 Å². The van der Waals surface area contributed by atoms with Crippen LogP contribution >= 0.6 is 0 Å². The molecule has 4 heteroatoms. The van der Waals surface area contributed by atoms with E-state index in [4.69, 9.17) is 0 Å². The van der Waals surface area contributed by atoms with Gasteiger partial charge in [-0.25, -0.2) is 8.42 Å². The van der Waals surface area contributed by atoms with Crippen LogP contribution in [-0.2, 0) is 9.84 Å². The maximum atomic E-state index is 11.5. The van der Waals surface area contributed by atoms with Gasteiger partial charge in [0, 0.05) is 18.3 Å². The van der Waals surface area contributed by atoms with Gasteiger partial charge in [-0.1, -0.05) is 12.1 Å². The van der Waals surface area contributed by atoms with E-state index in [-0.39, 0.29) is 0 Å². The van der Waals surface area contributed by atoms with Crippen LogP contribution in [0, 0.1) is 5.92 Å². The minimum atomic E-state index is -3.08. The Morgan fingerprint density at radius 2 is 1.76 bits per heavy atom. The second-order valence-electron chi connectivity index (χ2n) is 6.84. The van der Waals surface area contributed by atoms with Crippen molar-refractivity contribution in [3.63, 3.8) is 0 Å². The van der Waals surface area contributed by atoms with Gasteiger partial charge >= 0.3 is 0 Å². The second kappa shape index (κ2) is 5.73. The van der Waals surface area contributed by atoms with Gasteiger partial charge in [-0.05, 0) is 68.6 Å². The zero-order valence-electron chi connectivity index (χ0n) is 12.9. The molecule has 2 aliphatic rings. The molecule has 0 aliphatic heterocycles. The first-order valence-corrected chi connectivity index (χ1v) is 9.88. The standard InChI is InChI=1S/C17H25NO2S/c1-12(13-3-4-13)18-16-8-5-15(11-16)14-6-9-17(10-7-14)21(2,19)20/h6-7,9-10,12-13,15-16,18H,3-5,8,11H2,1-2H3. The van der Waals surface area contributed by atoms with Crippen molar-refractivity contribution in [2.45, 2.75) is 61.9 Å². The molecule has 0 spiro atoms. The number of nitrogens with one attached hydrogen (secondary N) is 1. The van der Waals surface area contributed by atoms with Crippen molar-refractivity contribution in [3.8, 4) is 0 Å². The lowest BCUT2D eigenvalue weighted by molar-refractivity contribution is 0.416. The van der Waals surface area contributed by atoms with Crippen LogP contribution in [0.25, 0.3) is 0 Å². The van der Waals surface area contributed by atoms with Crippen molar-refractivity contribution in [1.29, 1.82) is 0 Å². The summed E-state index contributed by atoms with van der Waals surface area (Å²) in [7, 11) is -3.08. The number of hydrogen-bond acceptors (Lipinski definition) is 3. The highest BCUT2D eigenvalue weighted by molar-refractivity contribution is 7.90. The van der Waals surface area contributed by atoms with Crippen molar-refractivity contribution in [1.82, 2.24) is 5.32 Å². The number of hydrogen-bond donors (Lipinski definition) is 1. The smallest absolute Gasteiger partial charge is 0.175 e. The minimum absolute atomic E-state index is 0.418. The Bertz CT molecular complexity index is 590. The van der Waals surface area contributed by atoms with E-state index in [9.17, 15) is 8.42 Å². The summed E-state index contributed by atoms with van der Waals surface area (Å²) in [6, 6.07) is 8.76. The Kier molecular flexibility index (Phi) is 4.10. The van der Waals surface area contributed by atoms with Crippen LogP contribution in [0.1, 0.15) is 50.5 Å². The molecule has 3 atom stereocenters. The fraction of sp³-hybridized carbons (Fsp3) is 0.647. The third-order valence-corrected chi connectivity index (χ3v) is 6.17. The number of benzene rings is 1. The van der Waals surface area contributed by atoms with Crippen LogP contribution in [0.2, 0.25) is 0 Å². The Morgan fingerprint density at radius 3 is 2.33 bits per heavy atom. The van der Waals surface area contributed by atoms with Gasteiger partial charge in [0.15, 0.2) is 9.84 Å². The predicted octanol–water partition coefficient (Wildman–Crippen LogP) is 3.11. The average molecular weight is 307 g/mol. The van der Waals surface area contributed by atoms with Crippen LogP contribution in [0.5, 0.6) is 0 Å². The van der Waals surface area contributed by atoms with Gasteiger partial charge in [0.25, 0.3) is 0 Å². The van der Waals surface area contributed by atoms with E-state index in [1.807, 2.05) is 12.1 Å². The van der Waals surface area contributed by atoms with Gasteiger partial charge in [0.1, 0.15) is 0 Å². The van der Waals surface area contributed by atoms with Crippen molar-refractivity contribution < 1.29 is 8.42 Å². The van der Waals surface area contributed by atoms with Crippen LogP contribution in [0.15, 0.2) is 29.2 Å². The fourth-order valence-electron chi connectivity index (χ4n) is 3.53. The molecule has 2 fully saturated rings. The molecule has 3 rings (SSSR count). The highest BCUT2D eigenvalue weighted by Gasteiger charge is 2.32. The predicted molar refractivity (Wildman–Crippen MR) is 85.3 cm³/mol. The molecule has 1 aromatic carbocycles. The molecular weight excluding hydrogens is 282 g/mol. The number of sulfone groups is 1. The lowest BCUT2D eigenvalue weighted by atomic mass is 9.97. The third kappa shape index (κ3) is 3.67. The molecule has 2 saturated carbocycles. The highest BCUT2D eigenvalue weighted by atomic mass is 32.2. The molecule has 0 bridgehead atoms. The van der Waals surface area contributed by atoms with Gasteiger partial charge in [-0.3, -0.25) is 0 Å². The molecule has 3 unspecified atom stereocenters. The topological polar surface area (TPSA) is 46.2 Å². The van der Waals surface area contributed by atoms with Gasteiger partial charge in [-0.2, -0.15) is 0 Å². The first-order chi connectivity index (χ1) is 9.93. The van der Waals surface area contributed by atoms with Gasteiger partial charge in [0.2, 0.25) is 0 Å². The van der Waals surface area contributed by atoms with Gasteiger partial charge in [-0.15, -0.1) is 0 Å². The molecule has 0 heterocycles. The Hall–Kier alpha value is -0.870. The molecule has 0 amide bonds. The van der Waals surface area contributed by atoms with Crippen LogP contribution in [-0.4, -0.2) is 26.8 Å². The quantitative estimate of drug-likeness (QED) is 0.909. The lowest BCUT2D eigenvalue weighted by Gasteiger charge is -2.19. The van der Waals surface area contributed by atoms with E-state index in [0.29, 0.717) is 22.9 Å². The Morgan fingerprint density at radius 1 is 1.10 bits per heavy atom.